The van der Waals surface area contributed by atoms with E-state index in [4.69, 9.17) is 9.47 Å². The monoisotopic (exact) mass is 409 g/mol. The molecule has 4 rings (SSSR count). The van der Waals surface area contributed by atoms with Gasteiger partial charge in [0.15, 0.2) is 0 Å². The van der Waals surface area contributed by atoms with E-state index in [1.807, 2.05) is 12.4 Å². The number of nitrogens with zero attached hydrogens (tertiary/aromatic N) is 2. The van der Waals surface area contributed by atoms with Gasteiger partial charge in [-0.3, -0.25) is 4.98 Å². The van der Waals surface area contributed by atoms with Crippen molar-refractivity contribution in [2.45, 2.75) is 51.7 Å². The Morgan fingerprint density at radius 3 is 2.83 bits per heavy atom. The van der Waals surface area contributed by atoms with Crippen LogP contribution in [-0.2, 0) is 11.3 Å². The number of piperidine rings is 1. The zero-order valence-electron chi connectivity index (χ0n) is 18.2. The molecule has 5 nitrogen and oxygen atoms in total. The number of aryl methyl sites for hydroxylation is 1. The summed E-state index contributed by atoms with van der Waals surface area (Å²) in [5.74, 6) is 1.63. The van der Waals surface area contributed by atoms with Gasteiger partial charge in [-0.2, -0.15) is 0 Å². The van der Waals surface area contributed by atoms with Crippen LogP contribution in [0.25, 0.3) is 0 Å². The Kier molecular flexibility index (Phi) is 7.59. The Labute approximate surface area is 180 Å². The summed E-state index contributed by atoms with van der Waals surface area (Å²) < 4.78 is 11.9. The summed E-state index contributed by atoms with van der Waals surface area (Å²) in [6, 6.07) is 11.2. The van der Waals surface area contributed by atoms with Crippen LogP contribution in [0.3, 0.4) is 0 Å². The predicted molar refractivity (Wildman–Crippen MR) is 121 cm³/mol. The fourth-order valence-corrected chi connectivity index (χ4v) is 4.48. The minimum Gasteiger partial charge on any atom is -0.490 e. The lowest BCUT2D eigenvalue weighted by Crippen LogP contribution is -2.34. The molecule has 0 bridgehead atoms. The van der Waals surface area contributed by atoms with Crippen LogP contribution in [-0.4, -0.2) is 43.9 Å². The molecule has 1 aromatic carbocycles. The summed E-state index contributed by atoms with van der Waals surface area (Å²) in [7, 11) is 0. The molecule has 1 atom stereocenters. The Morgan fingerprint density at radius 1 is 1.13 bits per heavy atom. The molecule has 0 spiro atoms. The van der Waals surface area contributed by atoms with Gasteiger partial charge in [0.05, 0.1) is 24.7 Å². The Hall–Kier alpha value is -2.11. The fraction of sp³-hybridized carbons (Fsp3) is 0.560. The maximum atomic E-state index is 5.98. The number of anilines is 1. The third-order valence-electron chi connectivity index (χ3n) is 6.31. The molecule has 3 heterocycles. The average Bonchev–Trinajstić information content (AvgIpc) is 3.30. The quantitative estimate of drug-likeness (QED) is 0.624. The molecule has 2 aromatic rings. The number of hydrogen-bond acceptors (Lipinski definition) is 5. The summed E-state index contributed by atoms with van der Waals surface area (Å²) >= 11 is 0. The van der Waals surface area contributed by atoms with Crippen LogP contribution in [0.15, 0.2) is 42.7 Å². The van der Waals surface area contributed by atoms with E-state index in [0.29, 0.717) is 6.04 Å². The van der Waals surface area contributed by atoms with Gasteiger partial charge in [-0.25, -0.2) is 0 Å². The zero-order chi connectivity index (χ0) is 20.6. The van der Waals surface area contributed by atoms with Gasteiger partial charge in [-0.1, -0.05) is 29.8 Å². The van der Waals surface area contributed by atoms with Crippen LogP contribution < -0.4 is 15.0 Å². The van der Waals surface area contributed by atoms with Gasteiger partial charge in [-0.05, 0) is 57.1 Å². The van der Waals surface area contributed by atoms with Crippen molar-refractivity contribution in [3.05, 3.63) is 53.9 Å². The molecular formula is C25H35N3O2. The standard InChI is InChI=1S/C25H35N3O2/c1-20-4-2-5-22(14-20)18-29-13-9-21-7-11-28(12-8-21)24-15-25(17-26-16-24)30-19-23-6-3-10-27-23/h2,4-5,14-17,21,23,27H,3,6-13,18-19H2,1H3/t23-/m0/s1. The van der Waals surface area contributed by atoms with Crippen molar-refractivity contribution in [3.63, 3.8) is 0 Å². The highest BCUT2D eigenvalue weighted by Crippen LogP contribution is 2.27. The Bertz CT molecular complexity index is 783. The second kappa shape index (κ2) is 10.8. The first-order valence-electron chi connectivity index (χ1n) is 11.5. The SMILES string of the molecule is Cc1cccc(COCCC2CCN(c3cncc(OC[C@@H]4CCCN4)c3)CC2)c1. The van der Waals surface area contributed by atoms with Crippen LogP contribution in [0, 0.1) is 12.8 Å². The first kappa shape index (κ1) is 21.1. The molecule has 5 heteroatoms. The zero-order valence-corrected chi connectivity index (χ0v) is 18.2. The molecule has 162 valence electrons. The maximum Gasteiger partial charge on any atom is 0.139 e. The number of rotatable bonds is 9. The molecule has 0 unspecified atom stereocenters. The molecule has 0 aliphatic carbocycles. The van der Waals surface area contributed by atoms with Crippen LogP contribution >= 0.6 is 0 Å². The number of hydrogen-bond donors (Lipinski definition) is 1. The van der Waals surface area contributed by atoms with Crippen LogP contribution in [0.5, 0.6) is 5.75 Å². The topological polar surface area (TPSA) is 46.6 Å². The minimum atomic E-state index is 0.484. The van der Waals surface area contributed by atoms with E-state index in [1.54, 1.807) is 0 Å². The van der Waals surface area contributed by atoms with E-state index in [9.17, 15) is 0 Å². The fourth-order valence-electron chi connectivity index (χ4n) is 4.48. The summed E-state index contributed by atoms with van der Waals surface area (Å²) in [4.78, 5) is 6.85. The van der Waals surface area contributed by atoms with Gasteiger partial charge in [0.2, 0.25) is 0 Å². The van der Waals surface area contributed by atoms with Gasteiger partial charge in [0, 0.05) is 31.8 Å². The Morgan fingerprint density at radius 2 is 2.03 bits per heavy atom. The van der Waals surface area contributed by atoms with Crippen molar-refractivity contribution >= 4 is 5.69 Å². The molecule has 2 saturated heterocycles. The van der Waals surface area contributed by atoms with E-state index < -0.39 is 0 Å². The van der Waals surface area contributed by atoms with E-state index in [2.05, 4.69) is 52.5 Å². The number of benzene rings is 1. The van der Waals surface area contributed by atoms with Crippen molar-refractivity contribution in [3.8, 4) is 5.75 Å². The van der Waals surface area contributed by atoms with Crippen molar-refractivity contribution in [1.82, 2.24) is 10.3 Å². The second-order valence-electron chi connectivity index (χ2n) is 8.74. The molecule has 2 aliphatic heterocycles. The lowest BCUT2D eigenvalue weighted by molar-refractivity contribution is 0.104. The molecule has 0 radical (unpaired) electrons. The molecule has 1 N–H and O–H groups in total. The van der Waals surface area contributed by atoms with E-state index in [1.165, 1.54) is 42.5 Å². The van der Waals surface area contributed by atoms with Crippen LogP contribution in [0.2, 0.25) is 0 Å². The Balaban J connectivity index is 1.16. The van der Waals surface area contributed by atoms with Gasteiger partial charge < -0.3 is 19.7 Å². The largest absolute Gasteiger partial charge is 0.490 e. The summed E-state index contributed by atoms with van der Waals surface area (Å²) in [6.45, 7) is 7.69. The highest BCUT2D eigenvalue weighted by molar-refractivity contribution is 5.48. The van der Waals surface area contributed by atoms with Gasteiger partial charge in [-0.15, -0.1) is 0 Å². The first-order valence-corrected chi connectivity index (χ1v) is 11.5. The highest BCUT2D eigenvalue weighted by Gasteiger charge is 2.20. The van der Waals surface area contributed by atoms with Gasteiger partial charge in [0.25, 0.3) is 0 Å². The predicted octanol–water partition coefficient (Wildman–Crippen LogP) is 4.34. The second-order valence-corrected chi connectivity index (χ2v) is 8.74. The molecule has 2 fully saturated rings. The summed E-state index contributed by atoms with van der Waals surface area (Å²) in [6.07, 6.45) is 9.82. The molecule has 2 aliphatic rings. The van der Waals surface area contributed by atoms with Crippen LogP contribution in [0.1, 0.15) is 43.2 Å². The normalized spacial score (nSPS) is 19.9. The molecule has 0 amide bonds. The third-order valence-corrected chi connectivity index (χ3v) is 6.31. The highest BCUT2D eigenvalue weighted by atomic mass is 16.5. The lowest BCUT2D eigenvalue weighted by Gasteiger charge is -2.33. The lowest BCUT2D eigenvalue weighted by atomic mass is 9.94. The smallest absolute Gasteiger partial charge is 0.139 e. The van der Waals surface area contributed by atoms with Gasteiger partial charge in [0.1, 0.15) is 12.4 Å². The molecular weight excluding hydrogens is 374 g/mol. The van der Waals surface area contributed by atoms with Crippen molar-refractivity contribution < 1.29 is 9.47 Å². The first-order chi connectivity index (χ1) is 14.8. The minimum absolute atomic E-state index is 0.484. The average molecular weight is 410 g/mol. The third kappa shape index (κ3) is 6.19. The van der Waals surface area contributed by atoms with Crippen molar-refractivity contribution in [1.29, 1.82) is 0 Å². The number of aromatic nitrogens is 1. The summed E-state index contributed by atoms with van der Waals surface area (Å²) in [5, 5.41) is 3.48. The molecule has 30 heavy (non-hydrogen) atoms. The van der Waals surface area contributed by atoms with Crippen molar-refractivity contribution in [2.24, 2.45) is 5.92 Å². The summed E-state index contributed by atoms with van der Waals surface area (Å²) in [5.41, 5.74) is 3.74. The number of ether oxygens (including phenoxy) is 2. The number of pyridine rings is 1. The maximum absolute atomic E-state index is 5.98. The van der Waals surface area contributed by atoms with E-state index >= 15 is 0 Å². The van der Waals surface area contributed by atoms with E-state index in [-0.39, 0.29) is 0 Å². The van der Waals surface area contributed by atoms with Crippen LogP contribution in [0.4, 0.5) is 5.69 Å². The van der Waals surface area contributed by atoms with Crippen molar-refractivity contribution in [2.75, 3.05) is 37.7 Å². The molecule has 1 aromatic heterocycles. The van der Waals surface area contributed by atoms with E-state index in [0.717, 1.165) is 57.5 Å². The van der Waals surface area contributed by atoms with Gasteiger partial charge >= 0.3 is 0 Å². The molecule has 0 saturated carbocycles. The number of nitrogens with one attached hydrogen (secondary N) is 1.